The summed E-state index contributed by atoms with van der Waals surface area (Å²) in [5, 5.41) is 1.80. The van der Waals surface area contributed by atoms with Gasteiger partial charge in [0.2, 0.25) is 0 Å². The van der Waals surface area contributed by atoms with Crippen LogP contribution in [0, 0.1) is 13.8 Å². The largest absolute Gasteiger partial charge is 0.311 e. The zero-order valence-electron chi connectivity index (χ0n) is 16.0. The van der Waals surface area contributed by atoms with Gasteiger partial charge in [0.05, 0.1) is 22.5 Å². The van der Waals surface area contributed by atoms with Crippen LogP contribution in [0.5, 0.6) is 0 Å². The molecule has 0 spiro atoms. The normalized spacial score (nSPS) is 15.7. The first-order valence-corrected chi connectivity index (χ1v) is 10.6. The fraction of sp³-hybridized carbons (Fsp3) is 0.182. The Hall–Kier alpha value is -2.70. The Morgan fingerprint density at radius 3 is 1.39 bits per heavy atom. The van der Waals surface area contributed by atoms with E-state index in [1.165, 1.54) is 9.75 Å². The quantitative estimate of drug-likeness (QED) is 0.657. The van der Waals surface area contributed by atoms with E-state index in [-0.39, 0.29) is 11.8 Å². The molecule has 2 aliphatic rings. The highest BCUT2D eigenvalue weighted by molar-refractivity contribution is 7.13. The van der Waals surface area contributed by atoms with Gasteiger partial charge in [-0.3, -0.25) is 9.59 Å². The number of rotatable bonds is 2. The first kappa shape index (κ1) is 17.4. The number of fused-ring (bicyclic) bond motifs is 2. The van der Waals surface area contributed by atoms with Gasteiger partial charge in [-0.05, 0) is 50.2 Å². The van der Waals surface area contributed by atoms with Gasteiger partial charge in [-0.25, -0.2) is 0 Å². The Balaban J connectivity index is 1.86. The lowest BCUT2D eigenvalue weighted by Crippen LogP contribution is -2.25. The van der Waals surface area contributed by atoms with Gasteiger partial charge in [0.15, 0.2) is 0 Å². The number of amides is 2. The molecule has 0 fully saturated rings. The van der Waals surface area contributed by atoms with Crippen LogP contribution in [-0.4, -0.2) is 25.9 Å². The number of carbonyl (C=O) groups excluding carboxylic acids is 2. The van der Waals surface area contributed by atoms with Crippen molar-refractivity contribution in [3.8, 4) is 0 Å². The molecule has 3 aromatic rings. The Labute approximate surface area is 170 Å². The Bertz CT molecular complexity index is 1210. The van der Waals surface area contributed by atoms with Crippen LogP contribution in [-0.2, 0) is 9.59 Å². The number of anilines is 2. The van der Waals surface area contributed by atoms with E-state index in [0.717, 1.165) is 42.7 Å². The molecule has 6 heteroatoms. The van der Waals surface area contributed by atoms with Crippen LogP contribution in [0.4, 0.5) is 11.4 Å². The van der Waals surface area contributed by atoms with Crippen molar-refractivity contribution in [2.24, 2.45) is 0 Å². The number of thiophene rings is 2. The summed E-state index contributed by atoms with van der Waals surface area (Å²) >= 11 is 3.24. The lowest BCUT2D eigenvalue weighted by Gasteiger charge is -2.13. The van der Waals surface area contributed by atoms with E-state index >= 15 is 0 Å². The first-order valence-electron chi connectivity index (χ1n) is 8.99. The maximum Gasteiger partial charge on any atom is 0.260 e. The second kappa shape index (κ2) is 5.90. The molecule has 0 N–H and O–H groups in total. The van der Waals surface area contributed by atoms with Gasteiger partial charge in [0.25, 0.3) is 11.8 Å². The van der Waals surface area contributed by atoms with Gasteiger partial charge < -0.3 is 9.80 Å². The van der Waals surface area contributed by atoms with Crippen molar-refractivity contribution >= 4 is 57.0 Å². The van der Waals surface area contributed by atoms with Crippen molar-refractivity contribution in [3.63, 3.8) is 0 Å². The molecule has 0 unspecified atom stereocenters. The maximum absolute atomic E-state index is 13.0. The van der Waals surface area contributed by atoms with Crippen LogP contribution >= 0.6 is 22.7 Å². The summed E-state index contributed by atoms with van der Waals surface area (Å²) in [6.45, 7) is 4.08. The lowest BCUT2D eigenvalue weighted by atomic mass is 10.1. The highest BCUT2D eigenvalue weighted by Crippen LogP contribution is 2.32. The summed E-state index contributed by atoms with van der Waals surface area (Å²) in [4.78, 5) is 33.7. The van der Waals surface area contributed by atoms with Crippen molar-refractivity contribution in [2.45, 2.75) is 13.8 Å². The minimum absolute atomic E-state index is 0.00280. The summed E-state index contributed by atoms with van der Waals surface area (Å²) in [6.07, 6.45) is 0. The van der Waals surface area contributed by atoms with Crippen molar-refractivity contribution in [2.75, 3.05) is 23.9 Å². The van der Waals surface area contributed by atoms with Crippen molar-refractivity contribution in [1.29, 1.82) is 0 Å². The van der Waals surface area contributed by atoms with Crippen LogP contribution in [0.1, 0.15) is 19.5 Å². The molecule has 5 rings (SSSR count). The van der Waals surface area contributed by atoms with Crippen LogP contribution in [0.15, 0.2) is 36.4 Å². The lowest BCUT2D eigenvalue weighted by molar-refractivity contribution is -0.113. The molecule has 4 heterocycles. The minimum atomic E-state index is 0.00280. The smallest absolute Gasteiger partial charge is 0.260 e. The molecule has 2 aromatic heterocycles. The minimum Gasteiger partial charge on any atom is -0.311 e. The number of aryl methyl sites for hydroxylation is 2. The molecular formula is C22H18N2O2S2. The second-order valence-electron chi connectivity index (χ2n) is 7.19. The molecule has 140 valence electrons. The maximum atomic E-state index is 13.0. The van der Waals surface area contributed by atoms with Gasteiger partial charge in [0, 0.05) is 44.0 Å². The van der Waals surface area contributed by atoms with Crippen LogP contribution in [0.3, 0.4) is 0 Å². The fourth-order valence-electron chi connectivity index (χ4n) is 3.93. The Morgan fingerprint density at radius 2 is 1.07 bits per heavy atom. The second-order valence-corrected chi connectivity index (χ2v) is 9.76. The number of hydrogen-bond donors (Lipinski definition) is 0. The highest BCUT2D eigenvalue weighted by atomic mass is 32.1. The third-order valence-electron chi connectivity index (χ3n) is 5.39. The third-order valence-corrected chi connectivity index (χ3v) is 7.42. The number of hydrogen-bond acceptors (Lipinski definition) is 4. The predicted molar refractivity (Wildman–Crippen MR) is 116 cm³/mol. The molecule has 28 heavy (non-hydrogen) atoms. The molecule has 4 nitrogen and oxygen atoms in total. The molecule has 2 aliphatic heterocycles. The average Bonchev–Trinajstić information content (AvgIpc) is 3.38. The van der Waals surface area contributed by atoms with E-state index in [0.29, 0.717) is 0 Å². The summed E-state index contributed by atoms with van der Waals surface area (Å²) in [5.41, 5.74) is 3.16. The van der Waals surface area contributed by atoms with E-state index in [2.05, 4.69) is 0 Å². The molecule has 0 saturated heterocycles. The van der Waals surface area contributed by atoms with Gasteiger partial charge in [-0.1, -0.05) is 0 Å². The molecule has 2 amide bonds. The SMILES string of the molecule is Cc1ccc(C2=c3cc4c(cc3N(C)C2=O)=C(c2ccc(C)s2)C(=O)N4C)s1. The number of likely N-dealkylation sites (N-methyl/N-ethyl adjacent to an activating group) is 2. The van der Waals surface area contributed by atoms with E-state index in [1.807, 2.05) is 50.2 Å². The van der Waals surface area contributed by atoms with Gasteiger partial charge in [-0.2, -0.15) is 0 Å². The van der Waals surface area contributed by atoms with Crippen molar-refractivity contribution in [3.05, 3.63) is 66.3 Å². The topological polar surface area (TPSA) is 40.6 Å². The van der Waals surface area contributed by atoms with E-state index in [4.69, 9.17) is 0 Å². The van der Waals surface area contributed by atoms with Crippen LogP contribution in [0.2, 0.25) is 0 Å². The summed E-state index contributed by atoms with van der Waals surface area (Å²) in [7, 11) is 3.60. The predicted octanol–water partition coefficient (Wildman–Crippen LogP) is 2.78. The van der Waals surface area contributed by atoms with E-state index in [9.17, 15) is 9.59 Å². The summed E-state index contributed by atoms with van der Waals surface area (Å²) < 4.78 is 0. The average molecular weight is 407 g/mol. The van der Waals surface area contributed by atoms with Crippen LogP contribution in [0.25, 0.3) is 11.1 Å². The summed E-state index contributed by atoms with van der Waals surface area (Å²) in [5.74, 6) is 0.00559. The summed E-state index contributed by atoms with van der Waals surface area (Å²) in [6, 6.07) is 12.1. The van der Waals surface area contributed by atoms with E-state index in [1.54, 1.807) is 46.6 Å². The third kappa shape index (κ3) is 2.28. The van der Waals surface area contributed by atoms with Gasteiger partial charge >= 0.3 is 0 Å². The zero-order valence-corrected chi connectivity index (χ0v) is 17.6. The molecule has 0 aliphatic carbocycles. The number of carbonyl (C=O) groups is 2. The van der Waals surface area contributed by atoms with Crippen LogP contribution < -0.4 is 20.2 Å². The van der Waals surface area contributed by atoms with E-state index < -0.39 is 0 Å². The monoisotopic (exact) mass is 406 g/mol. The molecule has 1 aromatic carbocycles. The zero-order chi connectivity index (χ0) is 19.7. The highest BCUT2D eigenvalue weighted by Gasteiger charge is 2.33. The first-order chi connectivity index (χ1) is 13.4. The molecule has 0 atom stereocenters. The van der Waals surface area contributed by atoms with Crippen molar-refractivity contribution < 1.29 is 9.59 Å². The van der Waals surface area contributed by atoms with Gasteiger partial charge in [-0.15, -0.1) is 22.7 Å². The molecule has 0 saturated carbocycles. The standard InChI is InChI=1S/C22H18N2O2S2/c1-11-5-7-17(27-11)19-13-9-16-14(10-15(13)23(3)21(19)25)20(22(26)24(16)4)18-8-6-12(2)28-18/h5-10H,1-4H3. The van der Waals surface area contributed by atoms with Crippen molar-refractivity contribution in [1.82, 2.24) is 0 Å². The molecule has 0 radical (unpaired) electrons. The Kier molecular flexibility index (Phi) is 3.66. The number of nitrogens with zero attached hydrogens (tertiary/aromatic N) is 2. The Morgan fingerprint density at radius 1 is 0.679 bits per heavy atom. The molecule has 0 bridgehead atoms. The molecular weight excluding hydrogens is 388 g/mol. The fourth-order valence-corrected chi connectivity index (χ4v) is 5.77. The number of benzene rings is 1. The van der Waals surface area contributed by atoms with Gasteiger partial charge in [0.1, 0.15) is 0 Å².